The Labute approximate surface area is 113 Å². The van der Waals surface area contributed by atoms with Crippen LogP contribution in [0.3, 0.4) is 0 Å². The van der Waals surface area contributed by atoms with Gasteiger partial charge in [0.15, 0.2) is 8.96 Å². The molecule has 1 aliphatic heterocycles. The van der Waals surface area contributed by atoms with Crippen molar-refractivity contribution in [2.24, 2.45) is 0 Å². The van der Waals surface area contributed by atoms with Crippen molar-refractivity contribution in [1.82, 2.24) is 9.47 Å². The Kier molecular flexibility index (Phi) is 4.59. The molecule has 0 amide bonds. The molecule has 1 aromatic carbocycles. The van der Waals surface area contributed by atoms with E-state index in [1.165, 1.54) is 19.3 Å². The second-order valence-corrected chi connectivity index (χ2v) is 8.03. The molecule has 0 spiro atoms. The Morgan fingerprint density at radius 2 is 1.61 bits per heavy atom. The normalized spacial score (nSPS) is 19.9. The average Bonchev–Trinajstić information content (AvgIpc) is 2.39. The van der Waals surface area contributed by atoms with E-state index in [9.17, 15) is 0 Å². The molecule has 1 radical (unpaired) electrons. The van der Waals surface area contributed by atoms with Gasteiger partial charge < -0.3 is 9.47 Å². The van der Waals surface area contributed by atoms with Crippen molar-refractivity contribution in [3.63, 3.8) is 0 Å². The minimum Gasteiger partial charge on any atom is -0.316 e. The smallest absolute Gasteiger partial charge is 0.188 e. The lowest BCUT2D eigenvalue weighted by Gasteiger charge is -2.44. The molecule has 0 atom stereocenters. The van der Waals surface area contributed by atoms with Crippen molar-refractivity contribution in [2.75, 3.05) is 19.3 Å². The van der Waals surface area contributed by atoms with Gasteiger partial charge in [0.25, 0.3) is 0 Å². The SMILES string of the molecule is CC(C)N1CCN(C(C)C)[Si](c2ccccc2)C1. The van der Waals surface area contributed by atoms with Gasteiger partial charge in [0.1, 0.15) is 0 Å². The minimum atomic E-state index is -0.597. The first-order valence-corrected chi connectivity index (χ1v) is 8.67. The maximum absolute atomic E-state index is 2.74. The van der Waals surface area contributed by atoms with Crippen LogP contribution in [0.15, 0.2) is 30.3 Å². The molecule has 0 N–H and O–H groups in total. The topological polar surface area (TPSA) is 6.48 Å². The first-order valence-electron chi connectivity index (χ1n) is 7.01. The van der Waals surface area contributed by atoms with E-state index in [4.69, 9.17) is 0 Å². The van der Waals surface area contributed by atoms with Crippen LogP contribution in [-0.4, -0.2) is 49.8 Å². The van der Waals surface area contributed by atoms with E-state index >= 15 is 0 Å². The summed E-state index contributed by atoms with van der Waals surface area (Å²) >= 11 is 0. The molecule has 2 rings (SSSR count). The van der Waals surface area contributed by atoms with Crippen molar-refractivity contribution >= 4 is 14.1 Å². The molecular weight excluding hydrogens is 236 g/mol. The summed E-state index contributed by atoms with van der Waals surface area (Å²) in [6.45, 7) is 11.7. The zero-order valence-corrected chi connectivity index (χ0v) is 13.1. The molecule has 0 saturated carbocycles. The van der Waals surface area contributed by atoms with Crippen LogP contribution in [0.2, 0.25) is 0 Å². The third-order valence-corrected chi connectivity index (χ3v) is 6.93. The Balaban J connectivity index is 2.20. The van der Waals surface area contributed by atoms with Crippen LogP contribution in [-0.2, 0) is 0 Å². The summed E-state index contributed by atoms with van der Waals surface area (Å²) in [4.78, 5) is 2.64. The number of nitrogens with zero attached hydrogens (tertiary/aromatic N) is 2. The monoisotopic (exact) mass is 261 g/mol. The van der Waals surface area contributed by atoms with E-state index in [1.54, 1.807) is 5.19 Å². The average molecular weight is 261 g/mol. The lowest BCUT2D eigenvalue weighted by molar-refractivity contribution is 0.190. The van der Waals surface area contributed by atoms with Gasteiger partial charge in [-0.15, -0.1) is 0 Å². The van der Waals surface area contributed by atoms with E-state index in [-0.39, 0.29) is 0 Å². The van der Waals surface area contributed by atoms with Gasteiger partial charge >= 0.3 is 0 Å². The number of benzene rings is 1. The molecule has 1 saturated heterocycles. The van der Waals surface area contributed by atoms with E-state index in [0.29, 0.717) is 12.1 Å². The lowest BCUT2D eigenvalue weighted by Crippen LogP contribution is -2.64. The van der Waals surface area contributed by atoms with Crippen molar-refractivity contribution in [3.8, 4) is 0 Å². The first-order chi connectivity index (χ1) is 8.59. The van der Waals surface area contributed by atoms with Gasteiger partial charge in [0.2, 0.25) is 0 Å². The summed E-state index contributed by atoms with van der Waals surface area (Å²) in [5.74, 6) is 0. The molecule has 1 aliphatic rings. The van der Waals surface area contributed by atoms with Gasteiger partial charge in [0.05, 0.1) is 0 Å². The third-order valence-electron chi connectivity index (χ3n) is 3.79. The van der Waals surface area contributed by atoms with E-state index in [1.807, 2.05) is 0 Å². The highest BCUT2D eigenvalue weighted by Gasteiger charge is 2.32. The molecule has 0 aromatic heterocycles. The second kappa shape index (κ2) is 6.00. The van der Waals surface area contributed by atoms with Gasteiger partial charge in [-0.05, 0) is 25.1 Å². The third kappa shape index (κ3) is 3.02. The molecule has 2 nitrogen and oxygen atoms in total. The molecule has 1 fully saturated rings. The maximum Gasteiger partial charge on any atom is 0.188 e. The fourth-order valence-corrected chi connectivity index (χ4v) is 5.81. The van der Waals surface area contributed by atoms with Gasteiger partial charge in [-0.2, -0.15) is 0 Å². The van der Waals surface area contributed by atoms with E-state index in [2.05, 4.69) is 67.5 Å². The van der Waals surface area contributed by atoms with E-state index < -0.39 is 8.96 Å². The lowest BCUT2D eigenvalue weighted by atomic mass is 10.3. The zero-order valence-electron chi connectivity index (χ0n) is 12.1. The van der Waals surface area contributed by atoms with Gasteiger partial charge in [0, 0.05) is 25.3 Å². The van der Waals surface area contributed by atoms with Crippen molar-refractivity contribution in [1.29, 1.82) is 0 Å². The molecule has 1 heterocycles. The number of hydrogen-bond donors (Lipinski definition) is 0. The largest absolute Gasteiger partial charge is 0.316 e. The fourth-order valence-electron chi connectivity index (χ4n) is 2.63. The van der Waals surface area contributed by atoms with Crippen LogP contribution >= 0.6 is 0 Å². The van der Waals surface area contributed by atoms with Crippen LogP contribution in [0.5, 0.6) is 0 Å². The summed E-state index contributed by atoms with van der Waals surface area (Å²) < 4.78 is 2.74. The van der Waals surface area contributed by atoms with Crippen molar-refractivity contribution in [3.05, 3.63) is 30.3 Å². The summed E-state index contributed by atoms with van der Waals surface area (Å²) in [6, 6.07) is 12.4. The summed E-state index contributed by atoms with van der Waals surface area (Å²) in [6.07, 6.45) is 1.25. The van der Waals surface area contributed by atoms with Crippen LogP contribution in [0, 0.1) is 0 Å². The van der Waals surface area contributed by atoms with Crippen molar-refractivity contribution < 1.29 is 0 Å². The van der Waals surface area contributed by atoms with Crippen molar-refractivity contribution in [2.45, 2.75) is 39.8 Å². The van der Waals surface area contributed by atoms with Crippen LogP contribution in [0.4, 0.5) is 0 Å². The molecule has 0 unspecified atom stereocenters. The summed E-state index contributed by atoms with van der Waals surface area (Å²) in [5, 5.41) is 1.56. The Bertz CT molecular complexity index is 364. The minimum absolute atomic E-state index is 0.597. The molecular formula is C15H25N2Si. The van der Waals surface area contributed by atoms with Crippen LogP contribution in [0.25, 0.3) is 0 Å². The second-order valence-electron chi connectivity index (χ2n) is 5.66. The molecule has 3 heteroatoms. The number of rotatable bonds is 3. The Morgan fingerprint density at radius 3 is 2.17 bits per heavy atom. The predicted molar refractivity (Wildman–Crippen MR) is 80.4 cm³/mol. The molecule has 1 aromatic rings. The molecule has 0 aliphatic carbocycles. The maximum atomic E-state index is 2.74. The molecule has 99 valence electrons. The van der Waals surface area contributed by atoms with Crippen LogP contribution < -0.4 is 5.19 Å². The zero-order chi connectivity index (χ0) is 13.1. The number of hydrogen-bond acceptors (Lipinski definition) is 2. The summed E-state index contributed by atoms with van der Waals surface area (Å²) in [5.41, 5.74) is 0. The van der Waals surface area contributed by atoms with E-state index in [0.717, 1.165) is 0 Å². The van der Waals surface area contributed by atoms with Crippen LogP contribution in [0.1, 0.15) is 27.7 Å². The standard InChI is InChI=1S/C15H25N2Si/c1-13(2)16-10-11-17(14(3)4)18(12-16)15-8-6-5-7-9-15/h5-9,13-14H,10-12H2,1-4H3. The highest BCUT2D eigenvalue weighted by atomic mass is 28.3. The first kappa shape index (κ1) is 13.8. The van der Waals surface area contributed by atoms with Gasteiger partial charge in [-0.1, -0.05) is 44.2 Å². The van der Waals surface area contributed by atoms with Gasteiger partial charge in [-0.25, -0.2) is 0 Å². The highest BCUT2D eigenvalue weighted by molar-refractivity contribution is 6.71. The molecule has 0 bridgehead atoms. The highest BCUT2D eigenvalue weighted by Crippen LogP contribution is 2.13. The predicted octanol–water partition coefficient (Wildman–Crippen LogP) is 1.86. The quantitative estimate of drug-likeness (QED) is 0.766. The molecule has 18 heavy (non-hydrogen) atoms. The Morgan fingerprint density at radius 1 is 0.944 bits per heavy atom. The summed E-state index contributed by atoms with van der Waals surface area (Å²) in [7, 11) is -0.597. The van der Waals surface area contributed by atoms with Gasteiger partial charge in [-0.3, -0.25) is 0 Å². The Hall–Kier alpha value is -0.643. The fraction of sp³-hybridized carbons (Fsp3) is 0.600.